The van der Waals surface area contributed by atoms with Crippen molar-refractivity contribution in [1.82, 2.24) is 9.88 Å². The van der Waals surface area contributed by atoms with E-state index in [0.29, 0.717) is 35.3 Å². The van der Waals surface area contributed by atoms with Crippen molar-refractivity contribution in [3.05, 3.63) is 69.9 Å². The highest BCUT2D eigenvalue weighted by Gasteiger charge is 2.30. The maximum atomic E-state index is 13.6. The third kappa shape index (κ3) is 4.93. The van der Waals surface area contributed by atoms with Crippen molar-refractivity contribution in [1.29, 1.82) is 0 Å². The van der Waals surface area contributed by atoms with Crippen molar-refractivity contribution in [2.45, 2.75) is 59.2 Å². The minimum atomic E-state index is -0.932. The summed E-state index contributed by atoms with van der Waals surface area (Å²) in [4.78, 5) is 33.8. The molecule has 2 heterocycles. The molecule has 0 fully saturated rings. The molecule has 1 atom stereocenters. The zero-order valence-corrected chi connectivity index (χ0v) is 20.8. The van der Waals surface area contributed by atoms with Gasteiger partial charge in [-0.1, -0.05) is 42.8 Å². The molecule has 0 radical (unpaired) electrons. The van der Waals surface area contributed by atoms with Gasteiger partial charge in [-0.15, -0.1) is 0 Å². The quantitative estimate of drug-likeness (QED) is 0.470. The predicted octanol–water partition coefficient (Wildman–Crippen LogP) is 5.54. The number of ether oxygens (including phenoxy) is 1. The van der Waals surface area contributed by atoms with Gasteiger partial charge in [0, 0.05) is 52.9 Å². The molecule has 1 aliphatic rings. The molecule has 1 unspecified atom stereocenters. The molecule has 178 valence electrons. The summed E-state index contributed by atoms with van der Waals surface area (Å²) in [6, 6.07) is 13.2. The number of nitrogens with one attached hydrogen (secondary N) is 1. The summed E-state index contributed by atoms with van der Waals surface area (Å²) in [5.74, 6) is -0.873. The number of carbonyl (C=O) groups is 2. The van der Waals surface area contributed by atoms with Crippen molar-refractivity contribution in [3.8, 4) is 0 Å². The number of fused-ring (bicyclic) bond motifs is 2. The van der Waals surface area contributed by atoms with Gasteiger partial charge in [0.2, 0.25) is 0 Å². The SMILES string of the molecule is CCC(OC(=O)c1c2c(nc3ccccc13)CCN(C(C)C)C2)C(=O)Nc1cc(Cl)ccc1C. The van der Waals surface area contributed by atoms with E-state index in [1.807, 2.05) is 44.2 Å². The van der Waals surface area contributed by atoms with Crippen molar-refractivity contribution < 1.29 is 14.3 Å². The number of amides is 1. The van der Waals surface area contributed by atoms with Crippen LogP contribution in [0.3, 0.4) is 0 Å². The van der Waals surface area contributed by atoms with Crippen LogP contribution in [-0.4, -0.2) is 40.5 Å². The average Bonchev–Trinajstić information content (AvgIpc) is 2.82. The van der Waals surface area contributed by atoms with Crippen LogP contribution in [0.4, 0.5) is 5.69 Å². The van der Waals surface area contributed by atoms with E-state index in [1.54, 1.807) is 12.1 Å². The summed E-state index contributed by atoms with van der Waals surface area (Å²) in [6.07, 6.45) is 0.184. The Bertz CT molecular complexity index is 1240. The molecule has 0 bridgehead atoms. The van der Waals surface area contributed by atoms with Crippen LogP contribution in [-0.2, 0) is 22.5 Å². The lowest BCUT2D eigenvalue weighted by atomic mass is 9.95. The molecule has 0 aliphatic carbocycles. The van der Waals surface area contributed by atoms with Gasteiger partial charge in [0.25, 0.3) is 5.91 Å². The summed E-state index contributed by atoms with van der Waals surface area (Å²) in [6.45, 7) is 9.51. The lowest BCUT2D eigenvalue weighted by Gasteiger charge is -2.32. The van der Waals surface area contributed by atoms with Crippen LogP contribution in [0, 0.1) is 6.92 Å². The van der Waals surface area contributed by atoms with E-state index in [0.717, 1.165) is 40.7 Å². The molecule has 1 aromatic heterocycles. The molecule has 3 aromatic rings. The largest absolute Gasteiger partial charge is 0.449 e. The third-order valence-electron chi connectivity index (χ3n) is 6.38. The number of hydrogen-bond acceptors (Lipinski definition) is 5. The van der Waals surface area contributed by atoms with E-state index in [4.69, 9.17) is 21.3 Å². The normalized spacial score (nSPS) is 14.6. The minimum absolute atomic E-state index is 0.346. The Kier molecular flexibility index (Phi) is 7.19. The van der Waals surface area contributed by atoms with Crippen molar-refractivity contribution in [2.24, 2.45) is 0 Å². The second kappa shape index (κ2) is 10.1. The van der Waals surface area contributed by atoms with Crippen LogP contribution in [0.5, 0.6) is 0 Å². The Labute approximate surface area is 205 Å². The van der Waals surface area contributed by atoms with Crippen LogP contribution in [0.1, 0.15) is 54.4 Å². The van der Waals surface area contributed by atoms with Crippen molar-refractivity contribution >= 4 is 40.1 Å². The first-order valence-electron chi connectivity index (χ1n) is 11.7. The third-order valence-corrected chi connectivity index (χ3v) is 6.62. The van der Waals surface area contributed by atoms with Crippen LogP contribution < -0.4 is 5.32 Å². The molecule has 1 aliphatic heterocycles. The second-order valence-corrected chi connectivity index (χ2v) is 9.43. The van der Waals surface area contributed by atoms with Gasteiger partial charge in [0.1, 0.15) is 0 Å². The van der Waals surface area contributed by atoms with Crippen LogP contribution >= 0.6 is 11.6 Å². The van der Waals surface area contributed by atoms with Crippen LogP contribution in [0.2, 0.25) is 5.02 Å². The van der Waals surface area contributed by atoms with Crippen LogP contribution in [0.25, 0.3) is 10.9 Å². The molecular weight excluding hydrogens is 450 g/mol. The summed E-state index contributed by atoms with van der Waals surface area (Å²) >= 11 is 6.09. The standard InChI is InChI=1S/C27H30ClN3O3/c1-5-24(26(32)30-23-14-18(28)11-10-17(23)4)34-27(33)25-19-8-6-7-9-21(19)29-22-12-13-31(16(2)3)15-20(22)25/h6-11,14,16,24H,5,12-13,15H2,1-4H3,(H,30,32). The molecular formula is C27H30ClN3O3. The first kappa shape index (κ1) is 24.2. The molecule has 1 amide bonds. The van der Waals surface area contributed by atoms with Gasteiger partial charge in [0.15, 0.2) is 6.10 Å². The van der Waals surface area contributed by atoms with E-state index in [2.05, 4.69) is 24.1 Å². The Morgan fingerprint density at radius 3 is 2.71 bits per heavy atom. The number of pyridine rings is 1. The number of halogens is 1. The first-order valence-corrected chi connectivity index (χ1v) is 12.1. The predicted molar refractivity (Wildman–Crippen MR) is 135 cm³/mol. The lowest BCUT2D eigenvalue weighted by molar-refractivity contribution is -0.124. The second-order valence-electron chi connectivity index (χ2n) is 8.99. The Morgan fingerprint density at radius 2 is 1.97 bits per heavy atom. The van der Waals surface area contributed by atoms with E-state index in [1.165, 1.54) is 0 Å². The number of esters is 1. The average molecular weight is 480 g/mol. The van der Waals surface area contributed by atoms with Crippen molar-refractivity contribution in [2.75, 3.05) is 11.9 Å². The Balaban J connectivity index is 1.66. The van der Waals surface area contributed by atoms with E-state index < -0.39 is 12.1 Å². The number of benzene rings is 2. The number of anilines is 1. The molecule has 0 saturated heterocycles. The van der Waals surface area contributed by atoms with E-state index in [-0.39, 0.29) is 5.91 Å². The molecule has 2 aromatic carbocycles. The summed E-state index contributed by atoms with van der Waals surface area (Å²) in [5.41, 5.74) is 4.57. The highest BCUT2D eigenvalue weighted by Crippen LogP contribution is 2.30. The van der Waals surface area contributed by atoms with Gasteiger partial charge in [0.05, 0.1) is 11.1 Å². The van der Waals surface area contributed by atoms with Crippen LogP contribution in [0.15, 0.2) is 42.5 Å². The van der Waals surface area contributed by atoms with Gasteiger partial charge >= 0.3 is 5.97 Å². The monoisotopic (exact) mass is 479 g/mol. The Morgan fingerprint density at radius 1 is 1.21 bits per heavy atom. The van der Waals surface area contributed by atoms with Gasteiger partial charge in [-0.05, 0) is 51.0 Å². The number of carbonyl (C=O) groups excluding carboxylic acids is 2. The first-order chi connectivity index (χ1) is 16.3. The fourth-order valence-electron chi connectivity index (χ4n) is 4.34. The minimum Gasteiger partial charge on any atom is -0.449 e. The maximum Gasteiger partial charge on any atom is 0.340 e. The van der Waals surface area contributed by atoms with Gasteiger partial charge in [-0.3, -0.25) is 14.7 Å². The van der Waals surface area contributed by atoms with Crippen molar-refractivity contribution in [3.63, 3.8) is 0 Å². The zero-order valence-electron chi connectivity index (χ0n) is 20.0. The molecule has 0 saturated carbocycles. The molecule has 4 rings (SSSR count). The number of aromatic nitrogens is 1. The Hall–Kier alpha value is -2.96. The molecule has 1 N–H and O–H groups in total. The number of hydrogen-bond donors (Lipinski definition) is 1. The lowest BCUT2D eigenvalue weighted by Crippen LogP contribution is -2.38. The maximum absolute atomic E-state index is 13.6. The number of aryl methyl sites for hydroxylation is 1. The number of nitrogens with zero attached hydrogens (tertiary/aromatic N) is 2. The fourth-order valence-corrected chi connectivity index (χ4v) is 4.51. The summed E-state index contributed by atoms with van der Waals surface area (Å²) in [5, 5.41) is 4.13. The highest BCUT2D eigenvalue weighted by molar-refractivity contribution is 6.31. The molecule has 6 nitrogen and oxygen atoms in total. The van der Waals surface area contributed by atoms with Gasteiger partial charge in [-0.25, -0.2) is 4.79 Å². The van der Waals surface area contributed by atoms with E-state index in [9.17, 15) is 9.59 Å². The number of para-hydroxylation sites is 1. The van der Waals surface area contributed by atoms with Gasteiger partial charge < -0.3 is 10.1 Å². The summed E-state index contributed by atoms with van der Waals surface area (Å²) < 4.78 is 5.83. The fraction of sp³-hybridized carbons (Fsp3) is 0.370. The van der Waals surface area contributed by atoms with Gasteiger partial charge in [-0.2, -0.15) is 0 Å². The zero-order chi connectivity index (χ0) is 24.4. The summed E-state index contributed by atoms with van der Waals surface area (Å²) in [7, 11) is 0. The molecule has 34 heavy (non-hydrogen) atoms. The smallest absolute Gasteiger partial charge is 0.340 e. The van der Waals surface area contributed by atoms with E-state index >= 15 is 0 Å². The highest BCUT2D eigenvalue weighted by atomic mass is 35.5. The topological polar surface area (TPSA) is 71.5 Å². The molecule has 7 heteroatoms. The molecule has 0 spiro atoms. The number of rotatable bonds is 6.